The van der Waals surface area contributed by atoms with Crippen LogP contribution >= 0.6 is 0 Å². The molecule has 0 aromatic heterocycles. The Morgan fingerprint density at radius 2 is 2.05 bits per heavy atom. The van der Waals surface area contributed by atoms with Crippen LogP contribution in [0.1, 0.15) is 35.7 Å². The molecule has 0 bridgehead atoms. The van der Waals surface area contributed by atoms with E-state index in [0.717, 1.165) is 18.4 Å². The van der Waals surface area contributed by atoms with Crippen LogP contribution in [0.4, 0.5) is 5.69 Å². The molecule has 1 fully saturated rings. The molecule has 2 amide bonds. The summed E-state index contributed by atoms with van der Waals surface area (Å²) in [6.07, 6.45) is 2.04. The van der Waals surface area contributed by atoms with Crippen molar-refractivity contribution < 1.29 is 9.59 Å². The summed E-state index contributed by atoms with van der Waals surface area (Å²) in [4.78, 5) is 24.0. The first-order valence-electron chi connectivity index (χ1n) is 6.69. The molecule has 20 heavy (non-hydrogen) atoms. The number of hydrogen-bond donors (Lipinski definition) is 4. The van der Waals surface area contributed by atoms with Crippen LogP contribution in [0.15, 0.2) is 18.2 Å². The van der Waals surface area contributed by atoms with Gasteiger partial charge in [0.05, 0.1) is 11.3 Å². The molecule has 0 spiro atoms. The number of aryl methyl sites for hydroxylation is 1. The number of hydrazine groups is 1. The number of hydrogen-bond acceptors (Lipinski definition) is 4. The molecular formula is C14H20N4O2. The van der Waals surface area contributed by atoms with Gasteiger partial charge in [0.25, 0.3) is 5.91 Å². The van der Waals surface area contributed by atoms with E-state index < -0.39 is 6.04 Å². The lowest BCUT2D eigenvalue weighted by molar-refractivity contribution is -0.122. The van der Waals surface area contributed by atoms with Crippen molar-refractivity contribution in [3.63, 3.8) is 0 Å². The van der Waals surface area contributed by atoms with Crippen molar-refractivity contribution in [1.82, 2.24) is 10.6 Å². The average Bonchev–Trinajstić information content (AvgIpc) is 3.22. The molecule has 1 saturated carbocycles. The summed E-state index contributed by atoms with van der Waals surface area (Å²) in [6.45, 7) is 3.56. The normalized spacial score (nSPS) is 15.3. The molecular weight excluding hydrogens is 256 g/mol. The predicted octanol–water partition coefficient (Wildman–Crippen LogP) is 0.678. The van der Waals surface area contributed by atoms with E-state index in [9.17, 15) is 9.59 Å². The van der Waals surface area contributed by atoms with Crippen LogP contribution in [0.5, 0.6) is 0 Å². The first-order valence-corrected chi connectivity index (χ1v) is 6.69. The molecule has 1 aromatic rings. The summed E-state index contributed by atoms with van der Waals surface area (Å²) in [5.74, 6) is 4.92. The van der Waals surface area contributed by atoms with Gasteiger partial charge in [0.15, 0.2) is 0 Å². The van der Waals surface area contributed by atoms with E-state index in [0.29, 0.717) is 11.3 Å². The number of rotatable bonds is 5. The van der Waals surface area contributed by atoms with Crippen LogP contribution in [0, 0.1) is 6.92 Å². The second-order valence-corrected chi connectivity index (χ2v) is 5.17. The highest BCUT2D eigenvalue weighted by atomic mass is 16.2. The van der Waals surface area contributed by atoms with Crippen molar-refractivity contribution >= 4 is 17.5 Å². The first kappa shape index (κ1) is 14.3. The summed E-state index contributed by atoms with van der Waals surface area (Å²) in [7, 11) is 0. The lowest BCUT2D eigenvalue weighted by Gasteiger charge is -2.15. The second kappa shape index (κ2) is 5.92. The van der Waals surface area contributed by atoms with E-state index >= 15 is 0 Å². The van der Waals surface area contributed by atoms with Crippen molar-refractivity contribution in [2.75, 3.05) is 5.43 Å². The van der Waals surface area contributed by atoms with E-state index in [2.05, 4.69) is 16.1 Å². The first-order chi connectivity index (χ1) is 9.51. The van der Waals surface area contributed by atoms with Crippen molar-refractivity contribution in [3.8, 4) is 0 Å². The van der Waals surface area contributed by atoms with Gasteiger partial charge in [0.1, 0.15) is 6.04 Å². The van der Waals surface area contributed by atoms with Gasteiger partial charge >= 0.3 is 0 Å². The highest BCUT2D eigenvalue weighted by Crippen LogP contribution is 2.19. The second-order valence-electron chi connectivity index (χ2n) is 5.17. The molecule has 0 saturated heterocycles. The summed E-state index contributed by atoms with van der Waals surface area (Å²) in [6, 6.07) is 5.03. The van der Waals surface area contributed by atoms with Gasteiger partial charge in [0, 0.05) is 6.04 Å². The van der Waals surface area contributed by atoms with Gasteiger partial charge in [-0.05, 0) is 38.8 Å². The smallest absolute Gasteiger partial charge is 0.254 e. The Bertz CT molecular complexity index is 526. The zero-order valence-electron chi connectivity index (χ0n) is 11.7. The summed E-state index contributed by atoms with van der Waals surface area (Å²) in [5, 5.41) is 5.54. The Morgan fingerprint density at radius 1 is 1.35 bits per heavy atom. The Morgan fingerprint density at radius 3 is 2.65 bits per heavy atom. The van der Waals surface area contributed by atoms with E-state index in [4.69, 9.17) is 5.84 Å². The Balaban J connectivity index is 2.03. The fraction of sp³-hybridized carbons (Fsp3) is 0.429. The zero-order chi connectivity index (χ0) is 14.7. The lowest BCUT2D eigenvalue weighted by Crippen LogP contribution is -2.45. The third-order valence-electron chi connectivity index (χ3n) is 3.24. The van der Waals surface area contributed by atoms with E-state index in [1.165, 1.54) is 0 Å². The van der Waals surface area contributed by atoms with Crippen molar-refractivity contribution in [1.29, 1.82) is 0 Å². The minimum absolute atomic E-state index is 0.157. The molecule has 6 nitrogen and oxygen atoms in total. The zero-order valence-corrected chi connectivity index (χ0v) is 11.7. The standard InChI is InChI=1S/C14H20N4O2/c1-8-3-6-12(18-15)11(7-8)14(20)16-9(2)13(19)17-10-4-5-10/h3,6-7,9-10,18H,4-5,15H2,1-2H3,(H,16,20)(H,17,19). The predicted molar refractivity (Wildman–Crippen MR) is 77.1 cm³/mol. The van der Waals surface area contributed by atoms with E-state index in [1.807, 2.05) is 13.0 Å². The maximum absolute atomic E-state index is 12.2. The fourth-order valence-corrected chi connectivity index (χ4v) is 1.87. The summed E-state index contributed by atoms with van der Waals surface area (Å²) in [5.41, 5.74) is 4.40. The van der Waals surface area contributed by atoms with Gasteiger partial charge < -0.3 is 16.1 Å². The third kappa shape index (κ3) is 3.48. The third-order valence-corrected chi connectivity index (χ3v) is 3.24. The summed E-state index contributed by atoms with van der Waals surface area (Å²) < 4.78 is 0. The topological polar surface area (TPSA) is 96.2 Å². The SMILES string of the molecule is Cc1ccc(NN)c(C(=O)NC(C)C(=O)NC2CC2)c1. The number of nitrogens with two attached hydrogens (primary N) is 1. The van der Waals surface area contributed by atoms with Gasteiger partial charge in [-0.2, -0.15) is 0 Å². The number of nitrogens with one attached hydrogen (secondary N) is 3. The van der Waals surface area contributed by atoms with Gasteiger partial charge in [-0.1, -0.05) is 11.6 Å². The minimum Gasteiger partial charge on any atom is -0.352 e. The molecule has 2 rings (SSSR count). The fourth-order valence-electron chi connectivity index (χ4n) is 1.87. The number of anilines is 1. The number of amides is 2. The van der Waals surface area contributed by atoms with Crippen LogP contribution in [0.2, 0.25) is 0 Å². The molecule has 1 unspecified atom stereocenters. The van der Waals surface area contributed by atoms with Crippen LogP contribution in [-0.4, -0.2) is 23.9 Å². The molecule has 0 aliphatic heterocycles. The highest BCUT2D eigenvalue weighted by Gasteiger charge is 2.26. The van der Waals surface area contributed by atoms with Crippen LogP contribution < -0.4 is 21.9 Å². The molecule has 1 aromatic carbocycles. The maximum atomic E-state index is 12.2. The van der Waals surface area contributed by atoms with Crippen molar-refractivity contribution in [3.05, 3.63) is 29.3 Å². The Labute approximate surface area is 118 Å². The minimum atomic E-state index is -0.575. The Kier molecular flexibility index (Phi) is 4.24. The Hall–Kier alpha value is -2.08. The van der Waals surface area contributed by atoms with Gasteiger partial charge in [-0.3, -0.25) is 15.4 Å². The van der Waals surface area contributed by atoms with Crippen LogP contribution in [-0.2, 0) is 4.79 Å². The number of nitrogen functional groups attached to an aromatic ring is 1. The molecule has 0 heterocycles. The van der Waals surface area contributed by atoms with Crippen LogP contribution in [0.25, 0.3) is 0 Å². The van der Waals surface area contributed by atoms with Crippen LogP contribution in [0.3, 0.4) is 0 Å². The van der Waals surface area contributed by atoms with E-state index in [1.54, 1.807) is 19.1 Å². The van der Waals surface area contributed by atoms with Crippen molar-refractivity contribution in [2.45, 2.75) is 38.8 Å². The number of benzene rings is 1. The van der Waals surface area contributed by atoms with E-state index in [-0.39, 0.29) is 17.9 Å². The molecule has 1 atom stereocenters. The molecule has 6 heteroatoms. The molecule has 1 aliphatic carbocycles. The average molecular weight is 276 g/mol. The number of carbonyl (C=O) groups is 2. The lowest BCUT2D eigenvalue weighted by atomic mass is 10.1. The molecule has 5 N–H and O–H groups in total. The molecule has 0 radical (unpaired) electrons. The monoisotopic (exact) mass is 276 g/mol. The molecule has 108 valence electrons. The van der Waals surface area contributed by atoms with Gasteiger partial charge in [-0.25, -0.2) is 0 Å². The maximum Gasteiger partial charge on any atom is 0.254 e. The number of carbonyl (C=O) groups excluding carboxylic acids is 2. The largest absolute Gasteiger partial charge is 0.352 e. The summed E-state index contributed by atoms with van der Waals surface area (Å²) >= 11 is 0. The van der Waals surface area contributed by atoms with Gasteiger partial charge in [-0.15, -0.1) is 0 Å². The quantitative estimate of drug-likeness (QED) is 0.469. The van der Waals surface area contributed by atoms with Gasteiger partial charge in [0.2, 0.25) is 5.91 Å². The van der Waals surface area contributed by atoms with Crippen molar-refractivity contribution in [2.24, 2.45) is 5.84 Å². The molecule has 1 aliphatic rings. The highest BCUT2D eigenvalue weighted by molar-refractivity contribution is 6.01.